The zero-order valence-corrected chi connectivity index (χ0v) is 14.2. The lowest BCUT2D eigenvalue weighted by Crippen LogP contribution is -2.43. The lowest BCUT2D eigenvalue weighted by molar-refractivity contribution is -0.389. The Kier molecular flexibility index (Phi) is 4.39. The van der Waals surface area contributed by atoms with E-state index in [0.29, 0.717) is 19.6 Å². The summed E-state index contributed by atoms with van der Waals surface area (Å²) in [7, 11) is 1.83. The molecule has 0 saturated carbocycles. The van der Waals surface area contributed by atoms with E-state index in [1.165, 1.54) is 18.3 Å². The Bertz CT molecular complexity index is 794. The maximum absolute atomic E-state index is 12.6. The molecule has 10 heteroatoms. The highest BCUT2D eigenvalue weighted by Crippen LogP contribution is 2.32. The average Bonchev–Trinajstić information content (AvgIpc) is 3.01. The highest BCUT2D eigenvalue weighted by Gasteiger charge is 2.41. The molecule has 0 saturated heterocycles. The third-order valence-corrected chi connectivity index (χ3v) is 4.09. The number of halogens is 3. The molecule has 0 amide bonds. The molecule has 0 bridgehead atoms. The molecule has 0 radical (unpaired) electrons. The molecule has 1 aromatic carbocycles. The zero-order chi connectivity index (χ0) is 19.1. The van der Waals surface area contributed by atoms with Gasteiger partial charge in [-0.2, -0.15) is 13.2 Å². The summed E-state index contributed by atoms with van der Waals surface area (Å²) in [6.07, 6.45) is -3.02. The van der Waals surface area contributed by atoms with Crippen LogP contribution in [0.15, 0.2) is 30.5 Å². The Morgan fingerprint density at radius 3 is 2.58 bits per heavy atom. The van der Waals surface area contributed by atoms with Crippen LogP contribution in [-0.4, -0.2) is 38.6 Å². The highest BCUT2D eigenvalue weighted by atomic mass is 19.4. The van der Waals surface area contributed by atoms with Crippen LogP contribution in [0.5, 0.6) is 6.01 Å². The molecule has 1 aromatic heterocycles. The Morgan fingerprint density at radius 2 is 2.04 bits per heavy atom. The van der Waals surface area contributed by atoms with E-state index in [1.54, 1.807) is 4.57 Å². The van der Waals surface area contributed by atoms with Crippen molar-refractivity contribution < 1.29 is 22.8 Å². The van der Waals surface area contributed by atoms with Crippen LogP contribution >= 0.6 is 0 Å². The van der Waals surface area contributed by atoms with Crippen molar-refractivity contribution in [2.45, 2.75) is 31.8 Å². The first kappa shape index (κ1) is 18.2. The van der Waals surface area contributed by atoms with Crippen LogP contribution in [0.2, 0.25) is 0 Å². The van der Waals surface area contributed by atoms with Gasteiger partial charge >= 0.3 is 18.0 Å². The molecule has 0 spiro atoms. The number of likely N-dealkylation sites (N-methyl/N-ethyl adjacent to an activating group) is 1. The van der Waals surface area contributed by atoms with Gasteiger partial charge in [0.15, 0.2) is 0 Å². The first-order chi connectivity index (χ1) is 12.1. The third-order valence-electron chi connectivity index (χ3n) is 4.09. The van der Waals surface area contributed by atoms with Gasteiger partial charge < -0.3 is 14.9 Å². The van der Waals surface area contributed by atoms with Crippen molar-refractivity contribution in [1.82, 2.24) is 14.5 Å². The summed E-state index contributed by atoms with van der Waals surface area (Å²) in [4.78, 5) is 15.9. The summed E-state index contributed by atoms with van der Waals surface area (Å²) in [6.45, 7) is 3.18. The minimum atomic E-state index is -4.35. The molecule has 0 fully saturated rings. The van der Waals surface area contributed by atoms with E-state index in [4.69, 9.17) is 4.74 Å². The van der Waals surface area contributed by atoms with E-state index >= 15 is 0 Å². The van der Waals surface area contributed by atoms with Gasteiger partial charge in [-0.05, 0) is 36.6 Å². The first-order valence-electron chi connectivity index (χ1n) is 7.81. The van der Waals surface area contributed by atoms with Gasteiger partial charge in [-0.15, -0.1) is 0 Å². The van der Waals surface area contributed by atoms with Crippen LogP contribution in [0.1, 0.15) is 18.1 Å². The Morgan fingerprint density at radius 1 is 1.38 bits per heavy atom. The zero-order valence-electron chi connectivity index (χ0n) is 14.2. The molecule has 7 nitrogen and oxygen atoms in total. The van der Waals surface area contributed by atoms with E-state index in [-0.39, 0.29) is 11.8 Å². The van der Waals surface area contributed by atoms with E-state index in [2.05, 4.69) is 4.98 Å². The molecule has 0 aliphatic carbocycles. The fourth-order valence-electron chi connectivity index (χ4n) is 3.10. The van der Waals surface area contributed by atoms with Crippen LogP contribution in [-0.2, 0) is 19.3 Å². The number of imidazole rings is 1. The van der Waals surface area contributed by atoms with Crippen molar-refractivity contribution in [2.75, 3.05) is 13.6 Å². The Hall–Kier alpha value is -2.62. The minimum absolute atomic E-state index is 0.196. The second-order valence-electron chi connectivity index (χ2n) is 6.69. The predicted octanol–water partition coefficient (Wildman–Crippen LogP) is 3.09. The van der Waals surface area contributed by atoms with Crippen LogP contribution in [0.3, 0.4) is 0 Å². The van der Waals surface area contributed by atoms with Gasteiger partial charge in [0.1, 0.15) is 11.8 Å². The van der Waals surface area contributed by atoms with Crippen molar-refractivity contribution in [3.05, 3.63) is 51.7 Å². The molecule has 3 rings (SSSR count). The van der Waals surface area contributed by atoms with Crippen LogP contribution in [0.25, 0.3) is 0 Å². The molecular weight excluding hydrogens is 353 g/mol. The number of rotatable bonds is 5. The molecule has 140 valence electrons. The van der Waals surface area contributed by atoms with Gasteiger partial charge in [0.25, 0.3) is 0 Å². The minimum Gasteiger partial charge on any atom is -0.436 e. The molecule has 2 heterocycles. The summed E-state index contributed by atoms with van der Waals surface area (Å²) in [5.41, 5.74) is -0.560. The quantitative estimate of drug-likeness (QED) is 0.597. The van der Waals surface area contributed by atoms with E-state index in [1.807, 2.05) is 18.9 Å². The van der Waals surface area contributed by atoms with Crippen LogP contribution in [0.4, 0.5) is 19.0 Å². The van der Waals surface area contributed by atoms with Crippen molar-refractivity contribution in [1.29, 1.82) is 0 Å². The van der Waals surface area contributed by atoms with E-state index < -0.39 is 22.3 Å². The van der Waals surface area contributed by atoms with E-state index in [9.17, 15) is 23.3 Å². The fourth-order valence-corrected chi connectivity index (χ4v) is 3.10. The smallest absolute Gasteiger partial charge is 0.416 e. The normalized spacial score (nSPS) is 19.5. The number of fused-ring (bicyclic) bond motifs is 1. The number of nitrogens with zero attached hydrogens (tertiary/aromatic N) is 4. The van der Waals surface area contributed by atoms with Gasteiger partial charge in [0, 0.05) is 18.1 Å². The number of hydrogen-bond donors (Lipinski definition) is 0. The standard InChI is InChI=1S/C16H17F3N4O3/c1-15(10-22-8-13(23(24)25)20-14(22)26-15)9-21(2)7-11-3-5-12(6-4-11)16(17,18)19/h3-6,8H,7,9-10H2,1-2H3. The number of ether oxygens (including phenoxy) is 1. The van der Waals surface area contributed by atoms with Crippen LogP contribution < -0.4 is 4.74 Å². The summed E-state index contributed by atoms with van der Waals surface area (Å²) < 4.78 is 45.2. The molecule has 1 atom stereocenters. The summed E-state index contributed by atoms with van der Waals surface area (Å²) in [6, 6.07) is 5.22. The average molecular weight is 370 g/mol. The maximum atomic E-state index is 12.6. The van der Waals surface area contributed by atoms with Crippen molar-refractivity contribution in [2.24, 2.45) is 0 Å². The number of aromatic nitrogens is 2. The summed E-state index contributed by atoms with van der Waals surface area (Å²) in [5.74, 6) is -0.264. The summed E-state index contributed by atoms with van der Waals surface area (Å²) in [5, 5.41) is 10.7. The Labute approximate surface area is 147 Å². The number of nitro groups is 1. The topological polar surface area (TPSA) is 73.4 Å². The largest absolute Gasteiger partial charge is 0.436 e. The molecule has 2 aromatic rings. The monoisotopic (exact) mass is 370 g/mol. The van der Waals surface area contributed by atoms with Crippen molar-refractivity contribution >= 4 is 5.82 Å². The van der Waals surface area contributed by atoms with Gasteiger partial charge in [-0.25, -0.2) is 0 Å². The van der Waals surface area contributed by atoms with Crippen molar-refractivity contribution in [3.63, 3.8) is 0 Å². The number of hydrogen-bond acceptors (Lipinski definition) is 5. The first-order valence-corrected chi connectivity index (χ1v) is 7.81. The second kappa shape index (κ2) is 6.27. The van der Waals surface area contributed by atoms with Crippen LogP contribution in [0, 0.1) is 10.1 Å². The molecule has 1 aliphatic heterocycles. The molecule has 1 unspecified atom stereocenters. The highest BCUT2D eigenvalue weighted by molar-refractivity contribution is 5.25. The molecule has 26 heavy (non-hydrogen) atoms. The van der Waals surface area contributed by atoms with Crippen molar-refractivity contribution in [3.8, 4) is 6.01 Å². The molecule has 1 aliphatic rings. The fraction of sp³-hybridized carbons (Fsp3) is 0.438. The number of alkyl halides is 3. The summed E-state index contributed by atoms with van der Waals surface area (Å²) >= 11 is 0. The van der Waals surface area contributed by atoms with Gasteiger partial charge in [0.2, 0.25) is 0 Å². The number of benzene rings is 1. The van der Waals surface area contributed by atoms with Gasteiger partial charge in [0.05, 0.1) is 12.1 Å². The van der Waals surface area contributed by atoms with Gasteiger partial charge in [-0.1, -0.05) is 12.1 Å². The third kappa shape index (κ3) is 3.79. The van der Waals surface area contributed by atoms with E-state index in [0.717, 1.165) is 17.7 Å². The Balaban J connectivity index is 1.60. The van der Waals surface area contributed by atoms with Gasteiger partial charge in [-0.3, -0.25) is 9.47 Å². The molecule has 0 N–H and O–H groups in total. The maximum Gasteiger partial charge on any atom is 0.416 e. The molecular formula is C16H17F3N4O3. The second-order valence-corrected chi connectivity index (χ2v) is 6.69. The SMILES string of the molecule is CN(Cc1ccc(C(F)(F)F)cc1)CC1(C)Cn2cc([N+](=O)[O-])nc2O1. The lowest BCUT2D eigenvalue weighted by atomic mass is 10.1. The predicted molar refractivity (Wildman–Crippen MR) is 85.7 cm³/mol. The lowest BCUT2D eigenvalue weighted by Gasteiger charge is -2.28.